The zero-order valence-electron chi connectivity index (χ0n) is 17.9. The maximum Gasteiger partial charge on any atom is 0.244 e. The summed E-state index contributed by atoms with van der Waals surface area (Å²) < 4.78 is 38.2. The summed E-state index contributed by atoms with van der Waals surface area (Å²) in [6, 6.07) is 13.3. The van der Waals surface area contributed by atoms with Crippen LogP contribution in [0.4, 0.5) is 5.69 Å². The highest BCUT2D eigenvalue weighted by Gasteiger charge is 2.19. The van der Waals surface area contributed by atoms with Gasteiger partial charge in [0.25, 0.3) is 0 Å². The number of piperazine rings is 1. The lowest BCUT2D eigenvalue weighted by atomic mass is 10.1. The monoisotopic (exact) mass is 433 g/mol. The van der Waals surface area contributed by atoms with Crippen molar-refractivity contribution in [1.29, 1.82) is 0 Å². The summed E-state index contributed by atoms with van der Waals surface area (Å²) in [4.78, 5) is 4.86. The number of anilines is 1. The third-order valence-electron chi connectivity index (χ3n) is 5.40. The van der Waals surface area contributed by atoms with Crippen LogP contribution in [-0.2, 0) is 16.4 Å². The van der Waals surface area contributed by atoms with E-state index in [1.807, 2.05) is 0 Å². The molecule has 0 saturated carbocycles. The van der Waals surface area contributed by atoms with Crippen molar-refractivity contribution in [3.05, 3.63) is 48.0 Å². The molecule has 0 bridgehead atoms. The smallest absolute Gasteiger partial charge is 0.244 e. The zero-order valence-corrected chi connectivity index (χ0v) is 18.7. The largest absolute Gasteiger partial charge is 0.497 e. The number of methoxy groups -OCH3 is 2. The highest BCUT2D eigenvalue weighted by atomic mass is 32.2. The van der Waals surface area contributed by atoms with Gasteiger partial charge in [0.05, 0.1) is 14.2 Å². The van der Waals surface area contributed by atoms with Crippen LogP contribution in [-0.4, -0.2) is 67.3 Å². The van der Waals surface area contributed by atoms with Crippen molar-refractivity contribution in [3.8, 4) is 11.5 Å². The molecule has 1 heterocycles. The molecule has 3 rings (SSSR count). The number of sulfonamides is 1. The Morgan fingerprint density at radius 3 is 2.30 bits per heavy atom. The number of benzene rings is 2. The van der Waals surface area contributed by atoms with Gasteiger partial charge < -0.3 is 19.3 Å². The first kappa shape index (κ1) is 22.4. The molecule has 1 N–H and O–H groups in total. The van der Waals surface area contributed by atoms with Gasteiger partial charge in [0.15, 0.2) is 0 Å². The van der Waals surface area contributed by atoms with Gasteiger partial charge in [0, 0.05) is 44.5 Å². The molecule has 0 aliphatic carbocycles. The second kappa shape index (κ2) is 10.1. The summed E-state index contributed by atoms with van der Waals surface area (Å²) in [6.07, 6.45) is 1.52. The summed E-state index contributed by atoms with van der Waals surface area (Å²) in [5.74, 6) is 0.812. The average Bonchev–Trinajstić information content (AvgIpc) is 2.77. The van der Waals surface area contributed by atoms with Crippen LogP contribution >= 0.6 is 0 Å². The second-order valence-corrected chi connectivity index (χ2v) is 9.21. The van der Waals surface area contributed by atoms with Gasteiger partial charge in [-0.25, -0.2) is 13.1 Å². The Labute approximate surface area is 179 Å². The number of ether oxygens (including phenoxy) is 2. The minimum atomic E-state index is -3.65. The van der Waals surface area contributed by atoms with E-state index in [4.69, 9.17) is 9.47 Å². The predicted octanol–water partition coefficient (Wildman–Crippen LogP) is 2.37. The molecule has 1 aliphatic heterocycles. The number of likely N-dealkylation sites (N-methyl/N-ethyl adjacent to an activating group) is 1. The van der Waals surface area contributed by atoms with Gasteiger partial charge in [-0.3, -0.25) is 0 Å². The summed E-state index contributed by atoms with van der Waals surface area (Å²) in [5.41, 5.74) is 2.45. The normalized spacial score (nSPS) is 15.2. The fraction of sp³-hybridized carbons (Fsp3) is 0.455. The lowest BCUT2D eigenvalue weighted by Gasteiger charge is -2.34. The van der Waals surface area contributed by atoms with Crippen molar-refractivity contribution >= 4 is 15.7 Å². The predicted molar refractivity (Wildman–Crippen MR) is 119 cm³/mol. The summed E-state index contributed by atoms with van der Waals surface area (Å²) in [5, 5.41) is 0. The first-order valence-electron chi connectivity index (χ1n) is 10.2. The van der Waals surface area contributed by atoms with E-state index in [1.54, 1.807) is 12.1 Å². The average molecular weight is 434 g/mol. The number of hydrogen-bond acceptors (Lipinski definition) is 6. The Morgan fingerprint density at radius 2 is 1.67 bits per heavy atom. The molecule has 0 aromatic heterocycles. The van der Waals surface area contributed by atoms with Crippen LogP contribution in [0.25, 0.3) is 0 Å². The number of hydrogen-bond donors (Lipinski definition) is 1. The molecule has 0 atom stereocenters. The van der Waals surface area contributed by atoms with Gasteiger partial charge in [-0.2, -0.15) is 0 Å². The molecule has 1 aliphatic rings. The highest BCUT2D eigenvalue weighted by molar-refractivity contribution is 7.89. The van der Waals surface area contributed by atoms with Crippen molar-refractivity contribution in [2.75, 3.05) is 58.9 Å². The molecule has 1 saturated heterocycles. The lowest BCUT2D eigenvalue weighted by molar-refractivity contribution is 0.313. The Morgan fingerprint density at radius 1 is 0.967 bits per heavy atom. The molecular formula is C22H31N3O4S. The third kappa shape index (κ3) is 5.65. The quantitative estimate of drug-likeness (QED) is 0.612. The zero-order chi connectivity index (χ0) is 21.6. The SMILES string of the molecule is COc1ccc(S(=O)(=O)NCCCc2ccc(N3CCN(C)CC3)cc2)c(OC)c1. The molecular weight excluding hydrogens is 402 g/mol. The van der Waals surface area contributed by atoms with Gasteiger partial charge in [0.2, 0.25) is 10.0 Å². The molecule has 8 heteroatoms. The molecule has 1 fully saturated rings. The van der Waals surface area contributed by atoms with Crippen molar-refractivity contribution in [3.63, 3.8) is 0 Å². The van der Waals surface area contributed by atoms with Crippen LogP contribution in [0.1, 0.15) is 12.0 Å². The molecule has 0 amide bonds. The van der Waals surface area contributed by atoms with E-state index >= 15 is 0 Å². The van der Waals surface area contributed by atoms with E-state index in [9.17, 15) is 8.42 Å². The number of rotatable bonds is 9. The Hall–Kier alpha value is -2.29. The third-order valence-corrected chi connectivity index (χ3v) is 6.90. The fourth-order valence-corrected chi connectivity index (χ4v) is 4.73. The molecule has 7 nitrogen and oxygen atoms in total. The van der Waals surface area contributed by atoms with Crippen LogP contribution in [0.3, 0.4) is 0 Å². The number of aryl methyl sites for hydroxylation is 1. The fourth-order valence-electron chi connectivity index (χ4n) is 3.51. The van der Waals surface area contributed by atoms with Gasteiger partial charge in [-0.05, 0) is 49.7 Å². The first-order valence-corrected chi connectivity index (χ1v) is 11.7. The molecule has 2 aromatic carbocycles. The topological polar surface area (TPSA) is 71.1 Å². The molecule has 0 unspecified atom stereocenters. The second-order valence-electron chi connectivity index (χ2n) is 7.47. The Kier molecular flexibility index (Phi) is 7.58. The maximum atomic E-state index is 12.6. The van der Waals surface area contributed by atoms with Crippen molar-refractivity contribution < 1.29 is 17.9 Å². The van der Waals surface area contributed by atoms with E-state index in [0.717, 1.165) is 32.6 Å². The Balaban J connectivity index is 1.51. The first-order chi connectivity index (χ1) is 14.4. The summed E-state index contributed by atoms with van der Waals surface area (Å²) in [6.45, 7) is 4.62. The standard InChI is InChI=1S/C22H31N3O4S/c1-24-13-15-25(16-14-24)19-8-6-18(7-9-19)5-4-12-23-30(26,27)22-11-10-20(28-2)17-21(22)29-3/h6-11,17,23H,4-5,12-16H2,1-3H3. The minimum Gasteiger partial charge on any atom is -0.497 e. The van der Waals surface area contributed by atoms with Crippen LogP contribution in [0, 0.1) is 0 Å². The molecule has 2 aromatic rings. The highest BCUT2D eigenvalue weighted by Crippen LogP contribution is 2.28. The van der Waals surface area contributed by atoms with Crippen LogP contribution in [0.5, 0.6) is 11.5 Å². The minimum absolute atomic E-state index is 0.113. The van der Waals surface area contributed by atoms with Gasteiger partial charge in [-0.1, -0.05) is 12.1 Å². The van der Waals surface area contributed by atoms with Crippen molar-refractivity contribution in [1.82, 2.24) is 9.62 Å². The Bertz CT molecular complexity index is 924. The van der Waals surface area contributed by atoms with Crippen molar-refractivity contribution in [2.24, 2.45) is 0 Å². The lowest BCUT2D eigenvalue weighted by Crippen LogP contribution is -2.44. The van der Waals surface area contributed by atoms with Crippen molar-refractivity contribution in [2.45, 2.75) is 17.7 Å². The summed E-state index contributed by atoms with van der Waals surface area (Å²) in [7, 11) is 1.47. The molecule has 0 spiro atoms. The van der Waals surface area contributed by atoms with E-state index in [1.165, 1.54) is 31.5 Å². The van der Waals surface area contributed by atoms with E-state index < -0.39 is 10.0 Å². The maximum absolute atomic E-state index is 12.6. The molecule has 0 radical (unpaired) electrons. The van der Waals surface area contributed by atoms with Crippen LogP contribution in [0.2, 0.25) is 0 Å². The van der Waals surface area contributed by atoms with Crippen LogP contribution < -0.4 is 19.1 Å². The summed E-state index contributed by atoms with van der Waals surface area (Å²) >= 11 is 0. The number of nitrogens with one attached hydrogen (secondary N) is 1. The number of nitrogens with zero attached hydrogens (tertiary/aromatic N) is 2. The molecule has 30 heavy (non-hydrogen) atoms. The van der Waals surface area contributed by atoms with Gasteiger partial charge in [-0.15, -0.1) is 0 Å². The van der Waals surface area contributed by atoms with Gasteiger partial charge >= 0.3 is 0 Å². The molecule has 164 valence electrons. The van der Waals surface area contributed by atoms with Gasteiger partial charge in [0.1, 0.15) is 16.4 Å². The van der Waals surface area contributed by atoms with E-state index in [0.29, 0.717) is 18.7 Å². The van der Waals surface area contributed by atoms with Crippen LogP contribution in [0.15, 0.2) is 47.4 Å². The van der Waals surface area contributed by atoms with E-state index in [2.05, 4.69) is 45.8 Å². The van der Waals surface area contributed by atoms with E-state index in [-0.39, 0.29) is 10.6 Å².